The van der Waals surface area contributed by atoms with Crippen molar-refractivity contribution in [2.45, 2.75) is 60.9 Å². The lowest BCUT2D eigenvalue weighted by Crippen LogP contribution is -2.26. The maximum absolute atomic E-state index is 3.37. The van der Waals surface area contributed by atoms with Crippen LogP contribution >= 0.6 is 0 Å². The maximum Gasteiger partial charge on any atom is 0.0441 e. The first-order valence-corrected chi connectivity index (χ1v) is 10.0. The Morgan fingerprint density at radius 3 is 1.96 bits per heavy atom. The topological polar surface area (TPSA) is 15.3 Å². The van der Waals surface area contributed by atoms with Gasteiger partial charge in [-0.1, -0.05) is 25.5 Å². The van der Waals surface area contributed by atoms with Crippen molar-refractivity contribution in [2.75, 3.05) is 25.0 Å². The summed E-state index contributed by atoms with van der Waals surface area (Å²) in [5.41, 5.74) is 11.0. The first kappa shape index (κ1) is 20.5. The molecular formula is C24H36N2. The number of anilines is 1. The largest absolute Gasteiger partial charge is 0.371 e. The normalized spacial score (nSPS) is 11.0. The smallest absolute Gasteiger partial charge is 0.0441 e. The summed E-state index contributed by atoms with van der Waals surface area (Å²) in [6.45, 7) is 16.5. The van der Waals surface area contributed by atoms with E-state index in [1.54, 1.807) is 0 Å². The zero-order chi connectivity index (χ0) is 19.3. The van der Waals surface area contributed by atoms with Gasteiger partial charge in [0.1, 0.15) is 0 Å². The highest BCUT2D eigenvalue weighted by Gasteiger charge is 2.15. The van der Waals surface area contributed by atoms with Crippen molar-refractivity contribution in [1.29, 1.82) is 0 Å². The van der Waals surface area contributed by atoms with Gasteiger partial charge in [-0.25, -0.2) is 0 Å². The molecule has 0 radical (unpaired) electrons. The number of hydrogen-bond acceptors (Lipinski definition) is 2. The fraction of sp³-hybridized carbons (Fsp3) is 0.500. The number of hydrogen-bond donors (Lipinski definition) is 1. The summed E-state index contributed by atoms with van der Waals surface area (Å²) in [5.74, 6) is 0. The summed E-state index contributed by atoms with van der Waals surface area (Å²) in [6.07, 6.45) is 2.47. The summed E-state index contributed by atoms with van der Waals surface area (Å²) < 4.78 is 0. The Kier molecular flexibility index (Phi) is 7.28. The van der Waals surface area contributed by atoms with Crippen LogP contribution in [0.25, 0.3) is 11.1 Å². The molecule has 2 rings (SSSR count). The summed E-state index contributed by atoms with van der Waals surface area (Å²) in [5, 5.41) is 3.37. The van der Waals surface area contributed by atoms with E-state index < -0.39 is 0 Å². The minimum atomic E-state index is 0.899. The molecule has 1 N–H and O–H groups in total. The van der Waals surface area contributed by atoms with Crippen molar-refractivity contribution >= 4 is 5.69 Å². The molecular weight excluding hydrogens is 316 g/mol. The van der Waals surface area contributed by atoms with E-state index in [2.05, 4.69) is 76.0 Å². The van der Waals surface area contributed by atoms with Gasteiger partial charge in [0.05, 0.1) is 0 Å². The molecule has 0 heterocycles. The van der Waals surface area contributed by atoms with E-state index >= 15 is 0 Å². The van der Waals surface area contributed by atoms with Gasteiger partial charge in [-0.3, -0.25) is 0 Å². The van der Waals surface area contributed by atoms with Crippen LogP contribution in [0.2, 0.25) is 0 Å². The molecule has 0 amide bonds. The number of rotatable bonds is 8. The molecule has 2 nitrogen and oxygen atoms in total. The number of benzene rings is 2. The van der Waals surface area contributed by atoms with Gasteiger partial charge >= 0.3 is 0 Å². The van der Waals surface area contributed by atoms with Gasteiger partial charge in [-0.05, 0) is 99.2 Å². The monoisotopic (exact) mass is 352 g/mol. The van der Waals surface area contributed by atoms with Gasteiger partial charge in [-0.2, -0.15) is 0 Å². The van der Waals surface area contributed by atoms with Crippen LogP contribution in [0.1, 0.15) is 54.5 Å². The average Bonchev–Trinajstić information content (AvgIpc) is 2.61. The Morgan fingerprint density at radius 1 is 0.846 bits per heavy atom. The predicted octanol–water partition coefficient (Wildman–Crippen LogP) is 5.93. The van der Waals surface area contributed by atoms with E-state index in [1.807, 2.05) is 7.05 Å². The molecule has 0 atom stereocenters. The van der Waals surface area contributed by atoms with Crippen molar-refractivity contribution in [3.8, 4) is 11.1 Å². The molecule has 142 valence electrons. The van der Waals surface area contributed by atoms with Crippen LogP contribution in [0.15, 0.2) is 24.3 Å². The predicted molar refractivity (Wildman–Crippen MR) is 116 cm³/mol. The number of nitrogens with one attached hydrogen (secondary N) is 1. The van der Waals surface area contributed by atoms with Gasteiger partial charge in [-0.15, -0.1) is 0 Å². The number of nitrogens with zero attached hydrogens (tertiary/aromatic N) is 1. The zero-order valence-electron chi connectivity index (χ0n) is 17.8. The molecule has 2 aromatic carbocycles. The van der Waals surface area contributed by atoms with Crippen molar-refractivity contribution < 1.29 is 0 Å². The molecule has 2 aromatic rings. The molecule has 0 aliphatic heterocycles. The summed E-state index contributed by atoms with van der Waals surface area (Å²) in [6, 6.07) is 9.41. The fourth-order valence-electron chi connectivity index (χ4n) is 3.78. The summed E-state index contributed by atoms with van der Waals surface area (Å²) in [4.78, 5) is 2.54. The van der Waals surface area contributed by atoms with Crippen LogP contribution in [0, 0.1) is 27.7 Å². The first-order valence-electron chi connectivity index (χ1n) is 10.0. The Morgan fingerprint density at radius 2 is 1.42 bits per heavy atom. The molecule has 26 heavy (non-hydrogen) atoms. The first-order chi connectivity index (χ1) is 12.4. The van der Waals surface area contributed by atoms with E-state index in [0.717, 1.165) is 19.6 Å². The van der Waals surface area contributed by atoms with Crippen LogP contribution in [0.5, 0.6) is 0 Å². The van der Waals surface area contributed by atoms with Gasteiger partial charge < -0.3 is 10.2 Å². The molecule has 0 spiro atoms. The molecule has 0 aromatic heterocycles. The minimum Gasteiger partial charge on any atom is -0.371 e. The Balaban J connectivity index is 2.55. The molecule has 0 aliphatic carbocycles. The van der Waals surface area contributed by atoms with Gasteiger partial charge in [0.25, 0.3) is 0 Å². The Bertz CT molecular complexity index is 723. The highest BCUT2D eigenvalue weighted by molar-refractivity contribution is 5.73. The second-order valence-electron chi connectivity index (χ2n) is 7.50. The van der Waals surface area contributed by atoms with Gasteiger partial charge in [0.15, 0.2) is 0 Å². The third-order valence-corrected chi connectivity index (χ3v) is 5.49. The molecule has 0 bridgehead atoms. The Hall–Kier alpha value is -1.80. The molecule has 2 heteroatoms. The average molecular weight is 353 g/mol. The highest BCUT2D eigenvalue weighted by Crippen LogP contribution is 2.33. The lowest BCUT2D eigenvalue weighted by atomic mass is 9.93. The zero-order valence-corrected chi connectivity index (χ0v) is 17.8. The van der Waals surface area contributed by atoms with E-state index in [-0.39, 0.29) is 0 Å². The highest BCUT2D eigenvalue weighted by atomic mass is 15.1. The summed E-state index contributed by atoms with van der Waals surface area (Å²) in [7, 11) is 2.04. The van der Waals surface area contributed by atoms with Gasteiger partial charge in [0, 0.05) is 25.3 Å². The third kappa shape index (κ3) is 4.48. The standard InChI is InChI=1S/C24H36N2/c1-8-10-11-26(9-2)24-19(5)14-22(15-23(24)16-25-7)21-12-17(3)20(6)18(4)13-21/h12-15,25H,8-11,16H2,1-7H3. The van der Waals surface area contributed by atoms with Crippen LogP contribution in [-0.4, -0.2) is 20.1 Å². The quantitative estimate of drug-likeness (QED) is 0.633. The van der Waals surface area contributed by atoms with E-state index in [0.29, 0.717) is 0 Å². The van der Waals surface area contributed by atoms with Crippen LogP contribution in [-0.2, 0) is 6.54 Å². The van der Waals surface area contributed by atoms with Crippen LogP contribution < -0.4 is 10.2 Å². The lowest BCUT2D eigenvalue weighted by Gasteiger charge is -2.28. The number of aryl methyl sites for hydroxylation is 3. The fourth-order valence-corrected chi connectivity index (χ4v) is 3.78. The van der Waals surface area contributed by atoms with Crippen molar-refractivity contribution in [1.82, 2.24) is 5.32 Å². The Labute approximate surface area is 160 Å². The van der Waals surface area contributed by atoms with E-state index in [9.17, 15) is 0 Å². The maximum atomic E-state index is 3.37. The van der Waals surface area contributed by atoms with E-state index in [1.165, 1.54) is 57.5 Å². The van der Waals surface area contributed by atoms with Gasteiger partial charge in [0.2, 0.25) is 0 Å². The lowest BCUT2D eigenvalue weighted by molar-refractivity contribution is 0.721. The van der Waals surface area contributed by atoms with Crippen molar-refractivity contribution in [2.24, 2.45) is 0 Å². The molecule has 0 fully saturated rings. The molecule has 0 unspecified atom stereocenters. The SMILES string of the molecule is CCCCN(CC)c1c(C)cc(-c2cc(C)c(C)c(C)c2)cc1CNC. The van der Waals surface area contributed by atoms with Crippen molar-refractivity contribution in [3.63, 3.8) is 0 Å². The third-order valence-electron chi connectivity index (χ3n) is 5.49. The molecule has 0 saturated heterocycles. The second kappa shape index (κ2) is 9.23. The summed E-state index contributed by atoms with van der Waals surface area (Å²) >= 11 is 0. The number of unbranched alkanes of at least 4 members (excludes halogenated alkanes) is 1. The second-order valence-corrected chi connectivity index (χ2v) is 7.50. The molecule has 0 aliphatic rings. The van der Waals surface area contributed by atoms with Crippen molar-refractivity contribution in [3.05, 3.63) is 52.1 Å². The van der Waals surface area contributed by atoms with E-state index in [4.69, 9.17) is 0 Å². The van der Waals surface area contributed by atoms with Crippen LogP contribution in [0.4, 0.5) is 5.69 Å². The molecule has 0 saturated carbocycles. The van der Waals surface area contributed by atoms with Crippen LogP contribution in [0.3, 0.4) is 0 Å². The minimum absolute atomic E-state index is 0.899.